The summed E-state index contributed by atoms with van der Waals surface area (Å²) in [6, 6.07) is 8.25. The van der Waals surface area contributed by atoms with Gasteiger partial charge < -0.3 is 10.4 Å². The van der Waals surface area contributed by atoms with E-state index in [-0.39, 0.29) is 16.5 Å². The van der Waals surface area contributed by atoms with E-state index in [2.05, 4.69) is 5.32 Å². The molecule has 0 aromatic heterocycles. The standard InChI is InChI=1S/C14H11ClFNO2/c1-8-4-9(2-3-13(8)18)14(19)17-12-6-10(15)5-11(16)7-12/h2-7,18H,1H3,(H,17,19). The van der Waals surface area contributed by atoms with Gasteiger partial charge in [-0.25, -0.2) is 4.39 Å². The zero-order valence-electron chi connectivity index (χ0n) is 10.1. The third-order valence-corrected chi connectivity index (χ3v) is 2.80. The maximum absolute atomic E-state index is 13.1. The molecule has 5 heteroatoms. The number of nitrogens with one attached hydrogen (secondary N) is 1. The van der Waals surface area contributed by atoms with Gasteiger partial charge in [0.15, 0.2) is 0 Å². The van der Waals surface area contributed by atoms with E-state index >= 15 is 0 Å². The zero-order valence-corrected chi connectivity index (χ0v) is 10.8. The fraction of sp³-hybridized carbons (Fsp3) is 0.0714. The van der Waals surface area contributed by atoms with Crippen molar-refractivity contribution in [1.29, 1.82) is 0 Å². The highest BCUT2D eigenvalue weighted by atomic mass is 35.5. The SMILES string of the molecule is Cc1cc(C(=O)Nc2cc(F)cc(Cl)c2)ccc1O. The molecular formula is C14H11ClFNO2. The molecule has 2 N–H and O–H groups in total. The van der Waals surface area contributed by atoms with Gasteiger partial charge in [0.2, 0.25) is 0 Å². The first-order valence-corrected chi connectivity index (χ1v) is 5.90. The third kappa shape index (κ3) is 3.23. The number of aromatic hydroxyl groups is 1. The van der Waals surface area contributed by atoms with E-state index in [1.807, 2.05) is 0 Å². The van der Waals surface area contributed by atoms with Gasteiger partial charge in [-0.2, -0.15) is 0 Å². The summed E-state index contributed by atoms with van der Waals surface area (Å²) in [5.41, 5.74) is 1.24. The second kappa shape index (κ2) is 5.28. The first kappa shape index (κ1) is 13.4. The molecule has 0 atom stereocenters. The summed E-state index contributed by atoms with van der Waals surface area (Å²) in [5.74, 6) is -0.806. The van der Waals surface area contributed by atoms with Crippen LogP contribution in [0.25, 0.3) is 0 Å². The van der Waals surface area contributed by atoms with Crippen LogP contribution in [0.3, 0.4) is 0 Å². The summed E-state index contributed by atoms with van der Waals surface area (Å²) in [4.78, 5) is 11.9. The van der Waals surface area contributed by atoms with Gasteiger partial charge in [0.1, 0.15) is 11.6 Å². The number of carbonyl (C=O) groups excluding carboxylic acids is 1. The second-order valence-electron chi connectivity index (χ2n) is 4.11. The highest BCUT2D eigenvalue weighted by molar-refractivity contribution is 6.31. The summed E-state index contributed by atoms with van der Waals surface area (Å²) in [5, 5.41) is 12.1. The van der Waals surface area contributed by atoms with Gasteiger partial charge in [-0.3, -0.25) is 4.79 Å². The van der Waals surface area contributed by atoms with Crippen LogP contribution in [0.4, 0.5) is 10.1 Å². The van der Waals surface area contributed by atoms with Crippen molar-refractivity contribution >= 4 is 23.2 Å². The Morgan fingerprint density at radius 3 is 2.63 bits per heavy atom. The molecule has 0 unspecified atom stereocenters. The monoisotopic (exact) mass is 279 g/mol. The molecule has 0 saturated carbocycles. The van der Waals surface area contributed by atoms with E-state index in [0.717, 1.165) is 6.07 Å². The lowest BCUT2D eigenvalue weighted by molar-refractivity contribution is 0.102. The topological polar surface area (TPSA) is 49.3 Å². The van der Waals surface area contributed by atoms with E-state index < -0.39 is 11.7 Å². The second-order valence-corrected chi connectivity index (χ2v) is 4.55. The first-order chi connectivity index (χ1) is 8.95. The molecule has 98 valence electrons. The van der Waals surface area contributed by atoms with E-state index in [4.69, 9.17) is 11.6 Å². The van der Waals surface area contributed by atoms with Crippen molar-refractivity contribution in [3.05, 3.63) is 58.4 Å². The summed E-state index contributed by atoms with van der Waals surface area (Å²) < 4.78 is 13.1. The van der Waals surface area contributed by atoms with E-state index in [9.17, 15) is 14.3 Å². The normalized spacial score (nSPS) is 10.3. The molecule has 0 spiro atoms. The molecule has 0 radical (unpaired) electrons. The van der Waals surface area contributed by atoms with E-state index in [1.54, 1.807) is 13.0 Å². The number of aryl methyl sites for hydroxylation is 1. The fourth-order valence-electron chi connectivity index (χ4n) is 1.63. The number of halogens is 2. The largest absolute Gasteiger partial charge is 0.508 e. The van der Waals surface area contributed by atoms with Crippen LogP contribution in [0, 0.1) is 12.7 Å². The smallest absolute Gasteiger partial charge is 0.255 e. The third-order valence-electron chi connectivity index (χ3n) is 2.58. The maximum Gasteiger partial charge on any atom is 0.255 e. The molecule has 0 saturated heterocycles. The average Bonchev–Trinajstić information content (AvgIpc) is 2.31. The molecule has 0 aliphatic carbocycles. The van der Waals surface area contributed by atoms with Crippen LogP contribution < -0.4 is 5.32 Å². The lowest BCUT2D eigenvalue weighted by Gasteiger charge is -2.07. The molecule has 1 amide bonds. The Kier molecular flexibility index (Phi) is 3.71. The predicted molar refractivity (Wildman–Crippen MR) is 72.2 cm³/mol. The Hall–Kier alpha value is -2.07. The van der Waals surface area contributed by atoms with Crippen molar-refractivity contribution < 1.29 is 14.3 Å². The van der Waals surface area contributed by atoms with Crippen molar-refractivity contribution in [2.75, 3.05) is 5.32 Å². The molecular weight excluding hydrogens is 269 g/mol. The number of rotatable bonds is 2. The minimum atomic E-state index is -0.523. The van der Waals surface area contributed by atoms with Crippen LogP contribution in [0.5, 0.6) is 5.75 Å². The molecule has 0 bridgehead atoms. The Bertz CT molecular complexity index is 623. The Morgan fingerprint density at radius 1 is 1.26 bits per heavy atom. The van der Waals surface area contributed by atoms with Crippen molar-refractivity contribution in [2.24, 2.45) is 0 Å². The van der Waals surface area contributed by atoms with Crippen molar-refractivity contribution in [3.8, 4) is 5.75 Å². The van der Waals surface area contributed by atoms with Crippen molar-refractivity contribution in [3.63, 3.8) is 0 Å². The lowest BCUT2D eigenvalue weighted by atomic mass is 10.1. The molecule has 2 aromatic carbocycles. The quantitative estimate of drug-likeness (QED) is 0.880. The molecule has 0 fully saturated rings. The van der Waals surface area contributed by atoms with Crippen molar-refractivity contribution in [2.45, 2.75) is 6.92 Å². The van der Waals surface area contributed by atoms with Crippen LogP contribution >= 0.6 is 11.6 Å². The number of hydrogen-bond donors (Lipinski definition) is 2. The van der Waals surface area contributed by atoms with Gasteiger partial charge in [-0.15, -0.1) is 0 Å². The van der Waals surface area contributed by atoms with Crippen LogP contribution in [0.2, 0.25) is 5.02 Å². The minimum Gasteiger partial charge on any atom is -0.508 e. The maximum atomic E-state index is 13.1. The summed E-state index contributed by atoms with van der Waals surface area (Å²) in [6.45, 7) is 1.69. The lowest BCUT2D eigenvalue weighted by Crippen LogP contribution is -2.12. The summed E-state index contributed by atoms with van der Waals surface area (Å²) in [6.07, 6.45) is 0. The summed E-state index contributed by atoms with van der Waals surface area (Å²) >= 11 is 5.70. The van der Waals surface area contributed by atoms with E-state index in [0.29, 0.717) is 11.1 Å². The number of phenols is 1. The Labute approximate surface area is 114 Å². The Morgan fingerprint density at radius 2 is 2.00 bits per heavy atom. The van der Waals surface area contributed by atoms with Crippen LogP contribution in [-0.4, -0.2) is 11.0 Å². The van der Waals surface area contributed by atoms with Crippen molar-refractivity contribution in [1.82, 2.24) is 0 Å². The molecule has 19 heavy (non-hydrogen) atoms. The molecule has 3 nitrogen and oxygen atoms in total. The number of benzene rings is 2. The highest BCUT2D eigenvalue weighted by Crippen LogP contribution is 2.20. The minimum absolute atomic E-state index is 0.116. The predicted octanol–water partition coefficient (Wildman–Crippen LogP) is 3.75. The average molecular weight is 280 g/mol. The van der Waals surface area contributed by atoms with Gasteiger partial charge in [0, 0.05) is 16.3 Å². The Balaban J connectivity index is 2.22. The molecule has 0 aliphatic rings. The molecule has 0 heterocycles. The van der Waals surface area contributed by atoms with Gasteiger partial charge in [0.25, 0.3) is 5.91 Å². The number of hydrogen-bond acceptors (Lipinski definition) is 2. The van der Waals surface area contributed by atoms with Crippen LogP contribution in [0.1, 0.15) is 15.9 Å². The fourth-order valence-corrected chi connectivity index (χ4v) is 1.85. The molecule has 2 aromatic rings. The highest BCUT2D eigenvalue weighted by Gasteiger charge is 2.09. The van der Waals surface area contributed by atoms with Crippen LogP contribution in [-0.2, 0) is 0 Å². The number of phenolic OH excluding ortho intramolecular Hbond substituents is 1. The van der Waals surface area contributed by atoms with E-state index in [1.165, 1.54) is 24.3 Å². The van der Waals surface area contributed by atoms with Gasteiger partial charge in [0.05, 0.1) is 0 Å². The van der Waals surface area contributed by atoms with Gasteiger partial charge in [-0.05, 0) is 48.9 Å². The number of amides is 1. The van der Waals surface area contributed by atoms with Gasteiger partial charge in [-0.1, -0.05) is 11.6 Å². The number of anilines is 1. The zero-order chi connectivity index (χ0) is 14.0. The molecule has 2 rings (SSSR count). The summed E-state index contributed by atoms with van der Waals surface area (Å²) in [7, 11) is 0. The number of carbonyl (C=O) groups is 1. The van der Waals surface area contributed by atoms with Gasteiger partial charge >= 0.3 is 0 Å². The first-order valence-electron chi connectivity index (χ1n) is 5.53. The van der Waals surface area contributed by atoms with Crippen LogP contribution in [0.15, 0.2) is 36.4 Å². The molecule has 0 aliphatic heterocycles.